The van der Waals surface area contributed by atoms with Gasteiger partial charge in [0.2, 0.25) is 0 Å². The Morgan fingerprint density at radius 2 is 2.12 bits per heavy atom. The fraction of sp³-hybridized carbons (Fsp3) is 0.231. The lowest BCUT2D eigenvalue weighted by molar-refractivity contribution is 0.213. The monoisotopic (exact) mass is 250 g/mol. The summed E-state index contributed by atoms with van der Waals surface area (Å²) in [6, 6.07) is 7.44. The Hall–Kier alpha value is -1.45. The number of halogens is 1. The number of para-hydroxylation sites is 1. The second-order valence-corrected chi connectivity index (χ2v) is 4.33. The molecular weight excluding hydrogens is 240 g/mol. The minimum Gasteiger partial charge on any atom is -0.493 e. The molecule has 2 heterocycles. The molecule has 2 aromatic rings. The summed E-state index contributed by atoms with van der Waals surface area (Å²) in [6.45, 7) is 0.665. The van der Waals surface area contributed by atoms with Gasteiger partial charge in [0.15, 0.2) is 5.22 Å². The predicted octanol–water partition coefficient (Wildman–Crippen LogP) is 2.95. The summed E-state index contributed by atoms with van der Waals surface area (Å²) in [6.07, 6.45) is 1.54. The van der Waals surface area contributed by atoms with E-state index >= 15 is 0 Å². The zero-order valence-electron chi connectivity index (χ0n) is 9.02. The largest absolute Gasteiger partial charge is 0.493 e. The Morgan fingerprint density at radius 1 is 1.24 bits per heavy atom. The lowest BCUT2D eigenvalue weighted by atomic mass is 10.0. The van der Waals surface area contributed by atoms with E-state index in [0.29, 0.717) is 12.2 Å². The Labute approximate surface area is 104 Å². The smallest absolute Gasteiger partial charge is 0.199 e. The summed E-state index contributed by atoms with van der Waals surface area (Å²) in [5.41, 5.74) is 2.43. The van der Waals surface area contributed by atoms with Crippen LogP contribution in [-0.2, 0) is 6.42 Å². The van der Waals surface area contributed by atoms with Gasteiger partial charge in [-0.25, -0.2) is 0 Å². The SMILES string of the molecule is OC(c1ccoc1Cl)c1cccc2c1OCC2. The molecule has 17 heavy (non-hydrogen) atoms. The van der Waals surface area contributed by atoms with Crippen LogP contribution in [0.4, 0.5) is 0 Å². The van der Waals surface area contributed by atoms with Gasteiger partial charge in [-0.2, -0.15) is 0 Å². The van der Waals surface area contributed by atoms with Gasteiger partial charge in [0.25, 0.3) is 0 Å². The molecule has 0 aliphatic carbocycles. The maximum absolute atomic E-state index is 10.3. The van der Waals surface area contributed by atoms with Crippen molar-refractivity contribution in [3.63, 3.8) is 0 Å². The summed E-state index contributed by atoms with van der Waals surface area (Å²) in [7, 11) is 0. The minimum absolute atomic E-state index is 0.216. The molecule has 1 unspecified atom stereocenters. The summed E-state index contributed by atoms with van der Waals surface area (Å²) < 4.78 is 10.5. The number of aliphatic hydroxyl groups is 1. The molecule has 1 atom stereocenters. The molecule has 0 bridgehead atoms. The van der Waals surface area contributed by atoms with Gasteiger partial charge in [0.1, 0.15) is 11.9 Å². The van der Waals surface area contributed by atoms with Crippen molar-refractivity contribution in [1.82, 2.24) is 0 Å². The van der Waals surface area contributed by atoms with Crippen molar-refractivity contribution >= 4 is 11.6 Å². The molecular formula is C13H11ClO3. The average molecular weight is 251 g/mol. The van der Waals surface area contributed by atoms with Gasteiger partial charge in [0.05, 0.1) is 12.9 Å². The van der Waals surface area contributed by atoms with Crippen molar-refractivity contribution < 1.29 is 14.3 Å². The van der Waals surface area contributed by atoms with E-state index in [1.165, 1.54) is 6.26 Å². The van der Waals surface area contributed by atoms with Crippen LogP contribution in [0.15, 0.2) is 34.9 Å². The van der Waals surface area contributed by atoms with Crippen molar-refractivity contribution in [2.45, 2.75) is 12.5 Å². The molecule has 3 nitrogen and oxygen atoms in total. The van der Waals surface area contributed by atoms with Crippen molar-refractivity contribution in [2.24, 2.45) is 0 Å². The molecule has 1 aliphatic rings. The number of furan rings is 1. The van der Waals surface area contributed by atoms with Gasteiger partial charge in [-0.15, -0.1) is 0 Å². The molecule has 0 spiro atoms. The molecule has 1 aromatic carbocycles. The van der Waals surface area contributed by atoms with E-state index < -0.39 is 6.10 Å². The number of fused-ring (bicyclic) bond motifs is 1. The van der Waals surface area contributed by atoms with Crippen LogP contribution < -0.4 is 4.74 Å². The highest BCUT2D eigenvalue weighted by Crippen LogP contribution is 2.38. The minimum atomic E-state index is -0.811. The summed E-state index contributed by atoms with van der Waals surface area (Å²) in [4.78, 5) is 0. The predicted molar refractivity (Wildman–Crippen MR) is 63.4 cm³/mol. The molecule has 0 amide bonds. The maximum Gasteiger partial charge on any atom is 0.199 e. The van der Waals surface area contributed by atoms with Crippen molar-refractivity contribution in [1.29, 1.82) is 0 Å². The molecule has 0 saturated carbocycles. The Morgan fingerprint density at radius 3 is 2.88 bits per heavy atom. The van der Waals surface area contributed by atoms with Gasteiger partial charge >= 0.3 is 0 Å². The van der Waals surface area contributed by atoms with Crippen molar-refractivity contribution in [3.05, 3.63) is 52.4 Å². The summed E-state index contributed by atoms with van der Waals surface area (Å²) >= 11 is 5.87. The quantitative estimate of drug-likeness (QED) is 0.891. The highest BCUT2D eigenvalue weighted by Gasteiger charge is 2.24. The third kappa shape index (κ3) is 1.72. The molecule has 88 valence electrons. The van der Waals surface area contributed by atoms with Crippen LogP contribution in [0, 0.1) is 0 Å². The second kappa shape index (κ2) is 4.09. The number of ether oxygens (including phenoxy) is 1. The van der Waals surface area contributed by atoms with E-state index in [4.69, 9.17) is 20.8 Å². The van der Waals surface area contributed by atoms with Crippen LogP contribution in [0.5, 0.6) is 5.75 Å². The third-order valence-corrected chi connectivity index (χ3v) is 3.29. The Balaban J connectivity index is 2.05. The first-order chi connectivity index (χ1) is 8.27. The van der Waals surface area contributed by atoms with Gasteiger partial charge in [0, 0.05) is 17.5 Å². The first-order valence-electron chi connectivity index (χ1n) is 5.43. The lowest BCUT2D eigenvalue weighted by Gasteiger charge is -2.13. The van der Waals surface area contributed by atoms with Crippen LogP contribution >= 0.6 is 11.6 Å². The van der Waals surface area contributed by atoms with Crippen molar-refractivity contribution in [3.8, 4) is 5.75 Å². The van der Waals surface area contributed by atoms with Crippen LogP contribution in [0.3, 0.4) is 0 Å². The van der Waals surface area contributed by atoms with Crippen LogP contribution in [0.25, 0.3) is 0 Å². The molecule has 1 aliphatic heterocycles. The van der Waals surface area contributed by atoms with E-state index in [9.17, 15) is 5.11 Å². The molecule has 0 fully saturated rings. The second-order valence-electron chi connectivity index (χ2n) is 3.99. The van der Waals surface area contributed by atoms with Gasteiger partial charge in [-0.05, 0) is 23.2 Å². The van der Waals surface area contributed by atoms with Gasteiger partial charge in [-0.1, -0.05) is 18.2 Å². The van der Waals surface area contributed by atoms with E-state index in [1.807, 2.05) is 18.2 Å². The van der Waals surface area contributed by atoms with Crippen molar-refractivity contribution in [2.75, 3.05) is 6.61 Å². The first-order valence-corrected chi connectivity index (χ1v) is 5.80. The zero-order chi connectivity index (χ0) is 11.8. The van der Waals surface area contributed by atoms with E-state index in [2.05, 4.69) is 0 Å². The van der Waals surface area contributed by atoms with Crippen LogP contribution in [0.2, 0.25) is 5.22 Å². The molecule has 1 N–H and O–H groups in total. The molecule has 3 rings (SSSR count). The highest BCUT2D eigenvalue weighted by molar-refractivity contribution is 6.29. The molecule has 4 heteroatoms. The third-order valence-electron chi connectivity index (χ3n) is 2.98. The van der Waals surface area contributed by atoms with E-state index in [0.717, 1.165) is 23.3 Å². The Bertz CT molecular complexity index is 547. The number of benzene rings is 1. The number of hydrogen-bond donors (Lipinski definition) is 1. The molecule has 0 radical (unpaired) electrons. The van der Waals surface area contributed by atoms with Gasteiger partial charge < -0.3 is 14.3 Å². The molecule has 1 aromatic heterocycles. The highest BCUT2D eigenvalue weighted by atomic mass is 35.5. The first kappa shape index (κ1) is 10.7. The van der Waals surface area contributed by atoms with E-state index in [1.54, 1.807) is 6.07 Å². The summed E-state index contributed by atoms with van der Waals surface area (Å²) in [5.74, 6) is 0.775. The number of aliphatic hydroxyl groups excluding tert-OH is 1. The van der Waals surface area contributed by atoms with E-state index in [-0.39, 0.29) is 5.22 Å². The lowest BCUT2D eigenvalue weighted by Crippen LogP contribution is -2.01. The molecule has 0 saturated heterocycles. The van der Waals surface area contributed by atoms with Crippen LogP contribution in [-0.4, -0.2) is 11.7 Å². The topological polar surface area (TPSA) is 42.6 Å². The van der Waals surface area contributed by atoms with Crippen LogP contribution in [0.1, 0.15) is 22.8 Å². The van der Waals surface area contributed by atoms with Gasteiger partial charge in [-0.3, -0.25) is 0 Å². The normalized spacial score (nSPS) is 15.4. The average Bonchev–Trinajstić information content (AvgIpc) is 2.95. The number of hydrogen-bond acceptors (Lipinski definition) is 3. The summed E-state index contributed by atoms with van der Waals surface area (Å²) in [5, 5.41) is 10.5. The Kier molecular flexibility index (Phi) is 2.57. The maximum atomic E-state index is 10.3. The standard InChI is InChI=1S/C13H11ClO3/c14-13-10(5-7-17-13)11(15)9-3-1-2-8-4-6-16-12(8)9/h1-3,5,7,11,15H,4,6H2. The zero-order valence-corrected chi connectivity index (χ0v) is 9.78. The number of rotatable bonds is 2. The fourth-order valence-corrected chi connectivity index (χ4v) is 2.34. The fourth-order valence-electron chi connectivity index (χ4n) is 2.12.